The van der Waals surface area contributed by atoms with Crippen molar-refractivity contribution in [2.45, 2.75) is 26.3 Å². The molecule has 0 bridgehead atoms. The van der Waals surface area contributed by atoms with Crippen LogP contribution in [-0.4, -0.2) is 13.2 Å². The van der Waals surface area contributed by atoms with Crippen LogP contribution < -0.4 is 5.32 Å². The van der Waals surface area contributed by atoms with Crippen LogP contribution in [0, 0.1) is 12.0 Å². The molecule has 0 aromatic heterocycles. The van der Waals surface area contributed by atoms with Crippen molar-refractivity contribution in [3.8, 4) is 12.0 Å². The van der Waals surface area contributed by atoms with Gasteiger partial charge in [0.1, 0.15) is 6.11 Å². The summed E-state index contributed by atoms with van der Waals surface area (Å²) in [6.45, 7) is 4.53. The molecule has 0 amide bonds. The lowest BCUT2D eigenvalue weighted by molar-refractivity contribution is 0.298. The van der Waals surface area contributed by atoms with E-state index in [0.717, 1.165) is 25.9 Å². The van der Waals surface area contributed by atoms with Crippen LogP contribution in [0.25, 0.3) is 0 Å². The number of hydrogen-bond donors (Lipinski definition) is 1. The van der Waals surface area contributed by atoms with Crippen molar-refractivity contribution in [1.29, 1.82) is 0 Å². The van der Waals surface area contributed by atoms with Gasteiger partial charge in [-0.1, -0.05) is 36.3 Å². The normalized spacial score (nSPS) is 9.31. The van der Waals surface area contributed by atoms with Crippen LogP contribution in [0.3, 0.4) is 0 Å². The van der Waals surface area contributed by atoms with E-state index in [9.17, 15) is 0 Å². The van der Waals surface area contributed by atoms with E-state index in [4.69, 9.17) is 4.74 Å². The van der Waals surface area contributed by atoms with Crippen molar-refractivity contribution >= 4 is 0 Å². The predicted molar refractivity (Wildman–Crippen MR) is 66.8 cm³/mol. The van der Waals surface area contributed by atoms with Crippen molar-refractivity contribution in [3.05, 3.63) is 35.9 Å². The lowest BCUT2D eigenvalue weighted by atomic mass is 10.2. The highest BCUT2D eigenvalue weighted by molar-refractivity contribution is 5.14. The Bertz CT molecular complexity index is 324. The van der Waals surface area contributed by atoms with Gasteiger partial charge in [0.2, 0.25) is 0 Å². The zero-order valence-electron chi connectivity index (χ0n) is 9.83. The molecule has 1 rings (SSSR count). The first-order chi connectivity index (χ1) is 7.93. The first-order valence-electron chi connectivity index (χ1n) is 5.77. The van der Waals surface area contributed by atoms with Gasteiger partial charge in [0.15, 0.2) is 0 Å². The number of benzene rings is 1. The van der Waals surface area contributed by atoms with Crippen LogP contribution in [0.2, 0.25) is 0 Å². The fraction of sp³-hybridized carbons (Fsp3) is 0.429. The molecule has 0 aliphatic rings. The smallest absolute Gasteiger partial charge is 0.110 e. The highest BCUT2D eigenvalue weighted by Crippen LogP contribution is 1.97. The Kier molecular flexibility index (Phi) is 6.95. The Labute approximate surface area is 98.0 Å². The average molecular weight is 217 g/mol. The Morgan fingerprint density at radius 3 is 2.81 bits per heavy atom. The topological polar surface area (TPSA) is 21.3 Å². The Hall–Kier alpha value is -1.46. The molecule has 0 aliphatic heterocycles. The fourth-order valence-electron chi connectivity index (χ4n) is 1.30. The summed E-state index contributed by atoms with van der Waals surface area (Å²) < 4.78 is 4.93. The molecule has 0 unspecified atom stereocenters. The van der Waals surface area contributed by atoms with E-state index in [2.05, 4.69) is 41.6 Å². The van der Waals surface area contributed by atoms with Gasteiger partial charge in [0, 0.05) is 13.0 Å². The largest absolute Gasteiger partial charge is 0.447 e. The maximum Gasteiger partial charge on any atom is 0.110 e. The van der Waals surface area contributed by atoms with Crippen molar-refractivity contribution in [2.24, 2.45) is 0 Å². The molecule has 0 heterocycles. The third kappa shape index (κ3) is 6.10. The summed E-state index contributed by atoms with van der Waals surface area (Å²) in [5, 5.41) is 3.38. The van der Waals surface area contributed by atoms with Gasteiger partial charge < -0.3 is 10.1 Å². The molecule has 1 aromatic carbocycles. The molecule has 0 saturated heterocycles. The third-order valence-corrected chi connectivity index (χ3v) is 2.12. The second kappa shape index (κ2) is 8.82. The second-order valence-corrected chi connectivity index (χ2v) is 3.48. The van der Waals surface area contributed by atoms with Gasteiger partial charge in [-0.25, -0.2) is 0 Å². The Morgan fingerprint density at radius 1 is 1.25 bits per heavy atom. The maximum absolute atomic E-state index is 4.93. The van der Waals surface area contributed by atoms with Crippen LogP contribution in [0.5, 0.6) is 0 Å². The Morgan fingerprint density at radius 2 is 2.06 bits per heavy atom. The molecule has 0 atom stereocenters. The van der Waals surface area contributed by atoms with Crippen LogP contribution in [0.1, 0.15) is 25.3 Å². The van der Waals surface area contributed by atoms with Gasteiger partial charge in [-0.05, 0) is 25.5 Å². The van der Waals surface area contributed by atoms with E-state index in [1.54, 1.807) is 0 Å². The predicted octanol–water partition coefficient (Wildman–Crippen LogP) is 2.55. The standard InChI is InChI=1S/C14H19NO/c1-2-16-12-8-4-7-11-15-13-14-9-5-3-6-10-14/h3,5-6,9-10,15H,2,4,7,11,13H2,1H3. The molecule has 1 N–H and O–H groups in total. The average Bonchev–Trinajstić information content (AvgIpc) is 2.34. The monoisotopic (exact) mass is 217 g/mol. The van der Waals surface area contributed by atoms with Crippen LogP contribution >= 0.6 is 0 Å². The molecular weight excluding hydrogens is 198 g/mol. The fourth-order valence-corrected chi connectivity index (χ4v) is 1.30. The lowest BCUT2D eigenvalue weighted by Crippen LogP contribution is -2.14. The molecule has 0 saturated carbocycles. The molecule has 16 heavy (non-hydrogen) atoms. The first kappa shape index (κ1) is 12.6. The van der Waals surface area contributed by atoms with Crippen LogP contribution in [-0.2, 0) is 11.3 Å². The van der Waals surface area contributed by atoms with Gasteiger partial charge in [-0.3, -0.25) is 0 Å². The summed E-state index contributed by atoms with van der Waals surface area (Å²) in [7, 11) is 0. The Balaban J connectivity index is 1.99. The van der Waals surface area contributed by atoms with E-state index < -0.39 is 0 Å². The van der Waals surface area contributed by atoms with E-state index in [0.29, 0.717) is 6.61 Å². The molecule has 0 radical (unpaired) electrons. The highest BCUT2D eigenvalue weighted by Gasteiger charge is 1.89. The molecule has 2 heteroatoms. The quantitative estimate of drug-likeness (QED) is 0.584. The molecule has 86 valence electrons. The summed E-state index contributed by atoms with van der Waals surface area (Å²) >= 11 is 0. The third-order valence-electron chi connectivity index (χ3n) is 2.12. The highest BCUT2D eigenvalue weighted by atomic mass is 16.5. The van der Waals surface area contributed by atoms with Gasteiger partial charge in [-0.15, -0.1) is 0 Å². The zero-order chi connectivity index (χ0) is 11.5. The van der Waals surface area contributed by atoms with Crippen LogP contribution in [0.4, 0.5) is 0 Å². The molecule has 2 nitrogen and oxygen atoms in total. The SMILES string of the molecule is CCOC#CCCCNCc1ccccc1. The van der Waals surface area contributed by atoms with E-state index in [-0.39, 0.29) is 0 Å². The van der Waals surface area contributed by atoms with Gasteiger partial charge in [0.05, 0.1) is 6.61 Å². The summed E-state index contributed by atoms with van der Waals surface area (Å²) in [5.41, 5.74) is 1.32. The summed E-state index contributed by atoms with van der Waals surface area (Å²) in [6.07, 6.45) is 4.62. The van der Waals surface area contributed by atoms with Gasteiger partial charge in [-0.2, -0.15) is 0 Å². The molecule has 1 aromatic rings. The minimum Gasteiger partial charge on any atom is -0.447 e. The van der Waals surface area contributed by atoms with E-state index in [1.165, 1.54) is 5.56 Å². The van der Waals surface area contributed by atoms with Gasteiger partial charge >= 0.3 is 0 Å². The number of rotatable bonds is 6. The van der Waals surface area contributed by atoms with Crippen molar-refractivity contribution in [1.82, 2.24) is 5.32 Å². The van der Waals surface area contributed by atoms with Crippen molar-refractivity contribution in [2.75, 3.05) is 13.2 Å². The first-order valence-corrected chi connectivity index (χ1v) is 5.77. The van der Waals surface area contributed by atoms with Crippen molar-refractivity contribution in [3.63, 3.8) is 0 Å². The number of unbranched alkanes of at least 4 members (excludes halogenated alkanes) is 1. The minimum atomic E-state index is 0.666. The minimum absolute atomic E-state index is 0.666. The lowest BCUT2D eigenvalue weighted by Gasteiger charge is -2.02. The number of nitrogens with one attached hydrogen (secondary N) is 1. The summed E-state index contributed by atoms with van der Waals surface area (Å²) in [4.78, 5) is 0. The summed E-state index contributed by atoms with van der Waals surface area (Å²) in [5.74, 6) is 2.97. The van der Waals surface area contributed by atoms with Gasteiger partial charge in [0.25, 0.3) is 0 Å². The maximum atomic E-state index is 4.93. The molecular formula is C14H19NO. The van der Waals surface area contributed by atoms with Crippen molar-refractivity contribution < 1.29 is 4.74 Å². The molecule has 0 aliphatic carbocycles. The number of hydrogen-bond acceptors (Lipinski definition) is 2. The second-order valence-electron chi connectivity index (χ2n) is 3.48. The zero-order valence-corrected chi connectivity index (χ0v) is 9.83. The summed E-state index contributed by atoms with van der Waals surface area (Å²) in [6, 6.07) is 10.4. The number of ether oxygens (including phenoxy) is 1. The van der Waals surface area contributed by atoms with Crippen LogP contribution in [0.15, 0.2) is 30.3 Å². The molecule has 0 fully saturated rings. The van der Waals surface area contributed by atoms with E-state index >= 15 is 0 Å². The van der Waals surface area contributed by atoms with E-state index in [1.807, 2.05) is 13.0 Å². The molecule has 0 spiro atoms.